The summed E-state index contributed by atoms with van der Waals surface area (Å²) in [5.74, 6) is -0.699. The molecule has 1 rings (SSSR count). The fraction of sp³-hybridized carbons (Fsp3) is 0.429. The van der Waals surface area contributed by atoms with E-state index in [2.05, 4.69) is 0 Å². The molecule has 0 saturated carbocycles. The smallest absolute Gasteiger partial charge is 0.338 e. The van der Waals surface area contributed by atoms with Crippen LogP contribution in [0.4, 0.5) is 0 Å². The third-order valence-electron chi connectivity index (χ3n) is 2.57. The first kappa shape index (κ1) is 15.0. The number of esters is 1. The van der Waals surface area contributed by atoms with Crippen molar-refractivity contribution in [1.29, 1.82) is 0 Å². The Morgan fingerprint density at radius 1 is 1.21 bits per heavy atom. The van der Waals surface area contributed by atoms with E-state index >= 15 is 0 Å². The molecular weight excluding hydrogens is 248 g/mol. The highest BCUT2D eigenvalue weighted by Gasteiger charge is 2.14. The van der Waals surface area contributed by atoms with E-state index in [4.69, 9.17) is 14.6 Å². The summed E-state index contributed by atoms with van der Waals surface area (Å²) in [5.41, 5.74) is 2.04. The molecule has 19 heavy (non-hydrogen) atoms. The number of hydrogen-bond donors (Lipinski definition) is 1. The van der Waals surface area contributed by atoms with Crippen molar-refractivity contribution in [1.82, 2.24) is 0 Å². The lowest BCUT2D eigenvalue weighted by Gasteiger charge is -2.12. The lowest BCUT2D eigenvalue weighted by Crippen LogP contribution is -2.10. The highest BCUT2D eigenvalue weighted by atomic mass is 16.5. The molecule has 0 atom stereocenters. The van der Waals surface area contributed by atoms with Crippen LogP contribution in [0.15, 0.2) is 12.1 Å². The van der Waals surface area contributed by atoms with Crippen molar-refractivity contribution in [2.75, 3.05) is 13.2 Å². The van der Waals surface area contributed by atoms with Crippen molar-refractivity contribution in [3.63, 3.8) is 0 Å². The summed E-state index contributed by atoms with van der Waals surface area (Å²) < 4.78 is 10.3. The van der Waals surface area contributed by atoms with Gasteiger partial charge < -0.3 is 14.6 Å². The topological polar surface area (TPSA) is 72.8 Å². The third kappa shape index (κ3) is 4.28. The Morgan fingerprint density at radius 2 is 1.79 bits per heavy atom. The van der Waals surface area contributed by atoms with Crippen LogP contribution >= 0.6 is 0 Å². The molecule has 0 aliphatic rings. The van der Waals surface area contributed by atoms with Gasteiger partial charge in [0.1, 0.15) is 5.75 Å². The summed E-state index contributed by atoms with van der Waals surface area (Å²) in [6.45, 7) is 5.78. The number of carbonyl (C=O) groups is 2. The summed E-state index contributed by atoms with van der Waals surface area (Å²) in [7, 11) is 0. The Kier molecular flexibility index (Phi) is 5.36. The van der Waals surface area contributed by atoms with Gasteiger partial charge in [-0.2, -0.15) is 0 Å². The molecule has 104 valence electrons. The van der Waals surface area contributed by atoms with Gasteiger partial charge in [0.15, 0.2) is 0 Å². The molecule has 0 bridgehead atoms. The summed E-state index contributed by atoms with van der Waals surface area (Å²) in [5, 5.41) is 8.54. The van der Waals surface area contributed by atoms with E-state index in [1.165, 1.54) is 0 Å². The van der Waals surface area contributed by atoms with E-state index < -0.39 is 5.97 Å². The molecule has 0 spiro atoms. The van der Waals surface area contributed by atoms with Crippen LogP contribution < -0.4 is 4.74 Å². The van der Waals surface area contributed by atoms with Gasteiger partial charge in [0.05, 0.1) is 25.2 Å². The molecule has 1 N–H and O–H groups in total. The third-order valence-corrected chi connectivity index (χ3v) is 2.57. The number of hydrogen-bond acceptors (Lipinski definition) is 4. The average Bonchev–Trinajstić information content (AvgIpc) is 2.27. The van der Waals surface area contributed by atoms with Crippen LogP contribution in [-0.4, -0.2) is 30.3 Å². The Balaban J connectivity index is 2.84. The minimum Gasteiger partial charge on any atom is -0.493 e. The Morgan fingerprint density at radius 3 is 2.26 bits per heavy atom. The Hall–Kier alpha value is -2.04. The first-order valence-electron chi connectivity index (χ1n) is 6.08. The quantitative estimate of drug-likeness (QED) is 0.800. The van der Waals surface area contributed by atoms with Crippen LogP contribution in [0.2, 0.25) is 0 Å². The van der Waals surface area contributed by atoms with E-state index in [1.807, 2.05) is 0 Å². The normalized spacial score (nSPS) is 10.1. The number of ether oxygens (including phenoxy) is 2. The molecule has 0 heterocycles. The summed E-state index contributed by atoms with van der Waals surface area (Å²) >= 11 is 0. The van der Waals surface area contributed by atoms with Gasteiger partial charge in [0.25, 0.3) is 0 Å². The molecule has 0 aromatic heterocycles. The fourth-order valence-electron chi connectivity index (χ4n) is 1.79. The summed E-state index contributed by atoms with van der Waals surface area (Å²) in [4.78, 5) is 22.2. The van der Waals surface area contributed by atoms with Gasteiger partial charge in [-0.3, -0.25) is 4.79 Å². The maximum Gasteiger partial charge on any atom is 0.338 e. The molecule has 0 saturated heterocycles. The highest BCUT2D eigenvalue weighted by molar-refractivity contribution is 5.92. The van der Waals surface area contributed by atoms with E-state index in [0.717, 1.165) is 11.1 Å². The van der Waals surface area contributed by atoms with Gasteiger partial charge in [0.2, 0.25) is 0 Å². The van der Waals surface area contributed by atoms with Crippen molar-refractivity contribution in [3.05, 3.63) is 28.8 Å². The van der Waals surface area contributed by atoms with Crippen molar-refractivity contribution in [3.8, 4) is 5.75 Å². The largest absolute Gasteiger partial charge is 0.493 e. The Labute approximate surface area is 112 Å². The summed E-state index contributed by atoms with van der Waals surface area (Å²) in [6, 6.07) is 3.42. The second kappa shape index (κ2) is 6.78. The maximum absolute atomic E-state index is 11.8. The number of aryl methyl sites for hydroxylation is 2. The zero-order chi connectivity index (χ0) is 14.4. The predicted molar refractivity (Wildman–Crippen MR) is 69.6 cm³/mol. The van der Waals surface area contributed by atoms with Crippen LogP contribution in [0, 0.1) is 13.8 Å². The van der Waals surface area contributed by atoms with Crippen LogP contribution in [0.1, 0.15) is 34.8 Å². The zero-order valence-corrected chi connectivity index (χ0v) is 11.4. The SMILES string of the molecule is CCOC(=O)c1c(C)cc(OCCC(=O)O)cc1C. The van der Waals surface area contributed by atoms with Gasteiger partial charge in [-0.1, -0.05) is 0 Å². The minimum atomic E-state index is -0.906. The molecule has 0 radical (unpaired) electrons. The van der Waals surface area contributed by atoms with Gasteiger partial charge in [0, 0.05) is 0 Å². The van der Waals surface area contributed by atoms with Crippen molar-refractivity contribution in [2.24, 2.45) is 0 Å². The molecule has 0 unspecified atom stereocenters. The van der Waals surface area contributed by atoms with Gasteiger partial charge in [-0.25, -0.2) is 4.79 Å². The van der Waals surface area contributed by atoms with Crippen molar-refractivity contribution in [2.45, 2.75) is 27.2 Å². The standard InChI is InChI=1S/C14H18O5/c1-4-18-14(17)13-9(2)7-11(8-10(13)3)19-6-5-12(15)16/h7-8H,4-6H2,1-3H3,(H,15,16). The van der Waals surface area contributed by atoms with Crippen LogP contribution in [0.5, 0.6) is 5.75 Å². The predicted octanol–water partition coefficient (Wildman–Crippen LogP) is 2.33. The van der Waals surface area contributed by atoms with Crippen molar-refractivity contribution >= 4 is 11.9 Å². The van der Waals surface area contributed by atoms with Crippen LogP contribution in [0.25, 0.3) is 0 Å². The molecule has 1 aromatic rings. The molecular formula is C14H18O5. The second-order valence-corrected chi connectivity index (χ2v) is 4.14. The zero-order valence-electron chi connectivity index (χ0n) is 11.4. The van der Waals surface area contributed by atoms with Gasteiger partial charge in [-0.05, 0) is 44.0 Å². The van der Waals surface area contributed by atoms with Crippen LogP contribution in [-0.2, 0) is 9.53 Å². The van der Waals surface area contributed by atoms with E-state index in [-0.39, 0.29) is 19.0 Å². The van der Waals surface area contributed by atoms with Gasteiger partial charge >= 0.3 is 11.9 Å². The molecule has 1 aromatic carbocycles. The van der Waals surface area contributed by atoms with Crippen molar-refractivity contribution < 1.29 is 24.2 Å². The average molecular weight is 266 g/mol. The van der Waals surface area contributed by atoms with E-state index in [1.54, 1.807) is 32.9 Å². The first-order chi connectivity index (χ1) is 8.95. The lowest BCUT2D eigenvalue weighted by atomic mass is 10.0. The van der Waals surface area contributed by atoms with E-state index in [0.29, 0.717) is 17.9 Å². The number of carbonyl (C=O) groups excluding carboxylic acids is 1. The molecule has 0 aliphatic carbocycles. The number of aliphatic carboxylic acids is 1. The number of benzene rings is 1. The second-order valence-electron chi connectivity index (χ2n) is 4.14. The van der Waals surface area contributed by atoms with Gasteiger partial charge in [-0.15, -0.1) is 0 Å². The highest BCUT2D eigenvalue weighted by Crippen LogP contribution is 2.22. The summed E-state index contributed by atoms with van der Waals surface area (Å²) in [6.07, 6.45) is -0.0578. The molecule has 5 nitrogen and oxygen atoms in total. The maximum atomic E-state index is 11.8. The number of carboxylic acids is 1. The fourth-order valence-corrected chi connectivity index (χ4v) is 1.79. The number of carboxylic acid groups (broad SMARTS) is 1. The molecule has 0 fully saturated rings. The van der Waals surface area contributed by atoms with Crippen LogP contribution in [0.3, 0.4) is 0 Å². The minimum absolute atomic E-state index is 0.0578. The van der Waals surface area contributed by atoms with E-state index in [9.17, 15) is 9.59 Å². The monoisotopic (exact) mass is 266 g/mol. The number of rotatable bonds is 6. The lowest BCUT2D eigenvalue weighted by molar-refractivity contribution is -0.137. The Bertz CT molecular complexity index is 456. The first-order valence-corrected chi connectivity index (χ1v) is 6.08. The molecule has 0 amide bonds. The molecule has 5 heteroatoms. The molecule has 0 aliphatic heterocycles.